The Hall–Kier alpha value is -3.01. The highest BCUT2D eigenvalue weighted by molar-refractivity contribution is 6.42. The van der Waals surface area contributed by atoms with Gasteiger partial charge in [-0.25, -0.2) is 13.8 Å². The van der Waals surface area contributed by atoms with E-state index in [0.717, 1.165) is 23.0 Å². The van der Waals surface area contributed by atoms with Crippen LogP contribution in [0, 0.1) is 11.6 Å². The van der Waals surface area contributed by atoms with Gasteiger partial charge in [-0.3, -0.25) is 14.2 Å². The van der Waals surface area contributed by atoms with Crippen LogP contribution in [0.4, 0.5) is 14.5 Å². The van der Waals surface area contributed by atoms with E-state index < -0.39 is 22.7 Å². The van der Waals surface area contributed by atoms with Crippen molar-refractivity contribution in [1.29, 1.82) is 0 Å². The van der Waals surface area contributed by atoms with Crippen molar-refractivity contribution in [1.82, 2.24) is 14.5 Å². The minimum absolute atomic E-state index is 0.00369. The van der Waals surface area contributed by atoms with Gasteiger partial charge in [-0.05, 0) is 36.8 Å². The van der Waals surface area contributed by atoms with Crippen LogP contribution in [0.5, 0.6) is 0 Å². The normalized spacial score (nSPS) is 17.9. The summed E-state index contributed by atoms with van der Waals surface area (Å²) < 4.78 is 31.2. The molecule has 4 rings (SSSR count). The van der Waals surface area contributed by atoms with Gasteiger partial charge in [0.2, 0.25) is 5.91 Å². The number of aromatic nitrogens is 2. The predicted octanol–water partition coefficient (Wildman–Crippen LogP) is 3.70. The number of aliphatic hydroxyl groups is 1. The lowest BCUT2D eigenvalue weighted by molar-refractivity contribution is -0.125. The lowest BCUT2D eigenvalue weighted by atomic mass is 9.87. The van der Waals surface area contributed by atoms with Gasteiger partial charge < -0.3 is 15.3 Å². The summed E-state index contributed by atoms with van der Waals surface area (Å²) in [5, 5.41) is 12.4. The van der Waals surface area contributed by atoms with Crippen molar-refractivity contribution in [2.45, 2.75) is 18.5 Å². The van der Waals surface area contributed by atoms with Gasteiger partial charge in [-0.1, -0.05) is 29.8 Å². The van der Waals surface area contributed by atoms with E-state index in [1.165, 1.54) is 23.1 Å². The third kappa shape index (κ3) is 4.15. The van der Waals surface area contributed by atoms with Crippen molar-refractivity contribution >= 4 is 45.7 Å². The Morgan fingerprint density at radius 1 is 1.29 bits per heavy atom. The van der Waals surface area contributed by atoms with Gasteiger partial charge in [0.15, 0.2) is 5.82 Å². The van der Waals surface area contributed by atoms with Crippen LogP contribution in [0.15, 0.2) is 48.0 Å². The highest BCUT2D eigenvalue weighted by Gasteiger charge is 2.44. The van der Waals surface area contributed by atoms with E-state index in [1.54, 1.807) is 0 Å². The molecule has 1 atom stereocenters. The van der Waals surface area contributed by atoms with Crippen LogP contribution in [0.25, 0.3) is 10.9 Å². The first-order chi connectivity index (χ1) is 16.2. The molecule has 7 nitrogen and oxygen atoms in total. The average Bonchev–Trinajstić information content (AvgIpc) is 3.23. The Morgan fingerprint density at radius 3 is 2.76 bits per heavy atom. The third-order valence-corrected chi connectivity index (χ3v) is 6.69. The Labute approximate surface area is 203 Å². The van der Waals surface area contributed by atoms with Crippen LogP contribution >= 0.6 is 23.2 Å². The van der Waals surface area contributed by atoms with Crippen LogP contribution in [0.1, 0.15) is 12.0 Å². The van der Waals surface area contributed by atoms with Crippen molar-refractivity contribution in [3.8, 4) is 0 Å². The maximum absolute atomic E-state index is 15.1. The van der Waals surface area contributed by atoms with Crippen LogP contribution in [-0.4, -0.2) is 45.2 Å². The quantitative estimate of drug-likeness (QED) is 0.391. The summed E-state index contributed by atoms with van der Waals surface area (Å²) in [4.78, 5) is 30.5. The molecule has 34 heavy (non-hydrogen) atoms. The molecule has 0 radical (unpaired) electrons. The molecule has 0 bridgehead atoms. The molecule has 2 aromatic carbocycles. The maximum atomic E-state index is 15.1. The molecule has 11 heteroatoms. The Balaban J connectivity index is 1.87. The first-order valence-electron chi connectivity index (χ1n) is 10.3. The van der Waals surface area contributed by atoms with Gasteiger partial charge in [0.05, 0.1) is 40.4 Å². The Bertz CT molecular complexity index is 1360. The molecule has 0 aliphatic carbocycles. The van der Waals surface area contributed by atoms with Gasteiger partial charge >= 0.3 is 0 Å². The number of hydrogen-bond donors (Lipinski definition) is 2. The van der Waals surface area contributed by atoms with Crippen LogP contribution in [0.3, 0.4) is 0 Å². The van der Waals surface area contributed by atoms with Gasteiger partial charge in [0, 0.05) is 24.3 Å². The number of nitrogens with zero attached hydrogens (tertiary/aromatic N) is 3. The number of rotatable bonds is 6. The fraction of sp³-hybridized carbons (Fsp3) is 0.261. The summed E-state index contributed by atoms with van der Waals surface area (Å²) in [6.07, 6.45) is 2.54. The molecule has 0 unspecified atom stereocenters. The molecule has 1 amide bonds. The van der Waals surface area contributed by atoms with E-state index in [9.17, 15) is 14.0 Å². The molecular formula is C23H20Cl2F2N4O3. The standard InChI is InChI=1S/C23H20Cl2F2N4O3/c1-2-18(33)30-6-5-23(11-30,19-16(26)4-3-15(24)20(19)25)29-13-9-14-21(17(27)10-13)28-12-31(7-8-32)22(14)34/h2-4,9-10,12,29,32H,1,5-8,11H2/t23-/m0/s1. The number of carbonyl (C=O) groups excluding carboxylic acids is 1. The summed E-state index contributed by atoms with van der Waals surface area (Å²) in [5.74, 6) is -1.77. The molecule has 1 aliphatic heterocycles. The molecular weight excluding hydrogens is 489 g/mol. The van der Waals surface area contributed by atoms with E-state index in [1.807, 2.05) is 0 Å². The van der Waals surface area contributed by atoms with E-state index in [0.29, 0.717) is 0 Å². The minimum Gasteiger partial charge on any atom is -0.395 e. The minimum atomic E-state index is -1.27. The van der Waals surface area contributed by atoms with Gasteiger partial charge in [0.1, 0.15) is 11.3 Å². The van der Waals surface area contributed by atoms with E-state index in [2.05, 4.69) is 16.9 Å². The second-order valence-electron chi connectivity index (χ2n) is 7.96. The lowest BCUT2D eigenvalue weighted by Gasteiger charge is -2.33. The van der Waals surface area contributed by atoms with Crippen LogP contribution in [0.2, 0.25) is 10.0 Å². The van der Waals surface area contributed by atoms with E-state index in [-0.39, 0.29) is 70.8 Å². The molecule has 3 aromatic rings. The highest BCUT2D eigenvalue weighted by atomic mass is 35.5. The first kappa shape index (κ1) is 24.1. The smallest absolute Gasteiger partial charge is 0.261 e. The Morgan fingerprint density at radius 2 is 2.06 bits per heavy atom. The van der Waals surface area contributed by atoms with E-state index >= 15 is 4.39 Å². The third-order valence-electron chi connectivity index (χ3n) is 5.88. The number of nitrogens with one attached hydrogen (secondary N) is 1. The molecule has 0 spiro atoms. The molecule has 1 aromatic heterocycles. The maximum Gasteiger partial charge on any atom is 0.261 e. The number of likely N-dealkylation sites (tertiary alicyclic amines) is 1. The largest absolute Gasteiger partial charge is 0.395 e. The second kappa shape index (κ2) is 9.32. The van der Waals surface area contributed by atoms with Gasteiger partial charge in [-0.15, -0.1) is 0 Å². The molecule has 0 saturated carbocycles. The zero-order chi connectivity index (χ0) is 24.6. The number of halogens is 4. The van der Waals surface area contributed by atoms with Gasteiger partial charge in [-0.2, -0.15) is 0 Å². The monoisotopic (exact) mass is 508 g/mol. The molecule has 1 fully saturated rings. The fourth-order valence-electron chi connectivity index (χ4n) is 4.30. The SMILES string of the molecule is C=CC(=O)N1CC[C@@](Nc2cc(F)c3ncn(CCO)c(=O)c3c2)(c2c(F)ccc(Cl)c2Cl)C1. The number of carbonyl (C=O) groups is 1. The number of fused-ring (bicyclic) bond motifs is 1. The summed E-state index contributed by atoms with van der Waals surface area (Å²) in [7, 11) is 0. The number of anilines is 1. The molecule has 1 aliphatic rings. The second-order valence-corrected chi connectivity index (χ2v) is 8.75. The van der Waals surface area contributed by atoms with Crippen molar-refractivity contribution in [2.24, 2.45) is 0 Å². The molecule has 178 valence electrons. The average molecular weight is 509 g/mol. The Kier molecular flexibility index (Phi) is 6.62. The fourth-order valence-corrected chi connectivity index (χ4v) is 4.80. The number of benzene rings is 2. The molecule has 2 heterocycles. The van der Waals surface area contributed by atoms with Crippen molar-refractivity contribution in [3.05, 3.63) is 80.8 Å². The summed E-state index contributed by atoms with van der Waals surface area (Å²) in [6, 6.07) is 5.03. The van der Waals surface area contributed by atoms with Crippen molar-refractivity contribution < 1.29 is 18.7 Å². The summed E-state index contributed by atoms with van der Waals surface area (Å²) in [6.45, 7) is 3.44. The number of amides is 1. The van der Waals surface area contributed by atoms with Crippen LogP contribution < -0.4 is 10.9 Å². The zero-order valence-corrected chi connectivity index (χ0v) is 19.3. The first-order valence-corrected chi connectivity index (χ1v) is 11.1. The van der Waals surface area contributed by atoms with Gasteiger partial charge in [0.25, 0.3) is 5.56 Å². The highest BCUT2D eigenvalue weighted by Crippen LogP contribution is 2.43. The topological polar surface area (TPSA) is 87.5 Å². The number of aliphatic hydroxyl groups excluding tert-OH is 1. The molecule has 1 saturated heterocycles. The lowest BCUT2D eigenvalue weighted by Crippen LogP contribution is -2.41. The number of hydrogen-bond acceptors (Lipinski definition) is 5. The molecule has 2 N–H and O–H groups in total. The van der Waals surface area contributed by atoms with E-state index in [4.69, 9.17) is 28.3 Å². The predicted molar refractivity (Wildman–Crippen MR) is 126 cm³/mol. The van der Waals surface area contributed by atoms with Crippen molar-refractivity contribution in [3.63, 3.8) is 0 Å². The van der Waals surface area contributed by atoms with Crippen LogP contribution in [-0.2, 0) is 16.9 Å². The summed E-state index contributed by atoms with van der Waals surface area (Å²) >= 11 is 12.6. The zero-order valence-electron chi connectivity index (χ0n) is 17.8. The summed E-state index contributed by atoms with van der Waals surface area (Å²) in [5.41, 5.74) is -1.76. The van der Waals surface area contributed by atoms with Crippen molar-refractivity contribution in [2.75, 3.05) is 25.0 Å².